The average molecular weight is 351 g/mol. The summed E-state index contributed by atoms with van der Waals surface area (Å²) in [7, 11) is -3.65. The predicted molar refractivity (Wildman–Crippen MR) is 90.8 cm³/mol. The van der Waals surface area contributed by atoms with E-state index in [9.17, 15) is 8.42 Å². The van der Waals surface area contributed by atoms with Gasteiger partial charge in [-0.05, 0) is 41.7 Å². The fourth-order valence-electron chi connectivity index (χ4n) is 3.30. The molecule has 3 rings (SSSR count). The zero-order chi connectivity index (χ0) is 16.8. The Bertz CT molecular complexity index is 815. The summed E-state index contributed by atoms with van der Waals surface area (Å²) >= 11 is 6.19. The first-order chi connectivity index (χ1) is 10.7. The van der Waals surface area contributed by atoms with Crippen molar-refractivity contribution in [3.05, 3.63) is 58.9 Å². The van der Waals surface area contributed by atoms with Crippen molar-refractivity contribution in [2.45, 2.75) is 31.7 Å². The Labute approximate surface area is 142 Å². The van der Waals surface area contributed by atoms with E-state index in [4.69, 9.17) is 11.6 Å². The van der Waals surface area contributed by atoms with E-state index < -0.39 is 10.0 Å². The minimum absolute atomic E-state index is 0.135. The Hall–Kier alpha value is -1.43. The Morgan fingerprint density at radius 1 is 1.22 bits per heavy atom. The first kappa shape index (κ1) is 16.4. The Morgan fingerprint density at radius 2 is 1.87 bits per heavy atom. The van der Waals surface area contributed by atoms with Gasteiger partial charge < -0.3 is 0 Å². The lowest BCUT2D eigenvalue weighted by molar-refractivity contribution is 0.0197. The lowest BCUT2D eigenvalue weighted by atomic mass is 9.74. The zero-order valence-electron chi connectivity index (χ0n) is 13.3. The molecule has 1 aliphatic rings. The standard InChI is InChI=1S/C17H19ClN2O2S/c1-12-5-4-6-14(18)15(12)23(21,22)20-11-17(2,3)16(20)13-7-9-19-10-8-13/h4-10,16H,11H2,1-3H3. The first-order valence-electron chi connectivity index (χ1n) is 7.42. The van der Waals surface area contributed by atoms with Crippen LogP contribution in [0.1, 0.15) is 31.0 Å². The summed E-state index contributed by atoms with van der Waals surface area (Å²) in [5.41, 5.74) is 1.48. The summed E-state index contributed by atoms with van der Waals surface area (Å²) in [5, 5.41) is 0.267. The van der Waals surface area contributed by atoms with E-state index in [0.717, 1.165) is 5.56 Å². The van der Waals surface area contributed by atoms with Crippen LogP contribution in [-0.4, -0.2) is 24.3 Å². The van der Waals surface area contributed by atoms with Gasteiger partial charge in [-0.1, -0.05) is 37.6 Å². The van der Waals surface area contributed by atoms with Gasteiger partial charge in [-0.2, -0.15) is 4.31 Å². The van der Waals surface area contributed by atoms with E-state index in [2.05, 4.69) is 18.8 Å². The van der Waals surface area contributed by atoms with E-state index in [1.165, 1.54) is 4.31 Å². The topological polar surface area (TPSA) is 50.3 Å². The number of halogens is 1. The van der Waals surface area contributed by atoms with Gasteiger partial charge in [0.15, 0.2) is 0 Å². The lowest BCUT2D eigenvalue weighted by Crippen LogP contribution is -2.57. The van der Waals surface area contributed by atoms with Crippen molar-refractivity contribution in [3.8, 4) is 0 Å². The smallest absolute Gasteiger partial charge is 0.245 e. The van der Waals surface area contributed by atoms with Gasteiger partial charge in [0.2, 0.25) is 10.0 Å². The van der Waals surface area contributed by atoms with Crippen LogP contribution < -0.4 is 0 Å². The van der Waals surface area contributed by atoms with E-state index in [1.807, 2.05) is 12.1 Å². The van der Waals surface area contributed by atoms with Crippen LogP contribution >= 0.6 is 11.6 Å². The van der Waals surface area contributed by atoms with Crippen LogP contribution in [0, 0.1) is 12.3 Å². The van der Waals surface area contributed by atoms with Gasteiger partial charge in [0.1, 0.15) is 4.90 Å². The van der Waals surface area contributed by atoms with Crippen molar-refractivity contribution in [1.82, 2.24) is 9.29 Å². The number of rotatable bonds is 3. The fourth-order valence-corrected chi connectivity index (χ4v) is 6.03. The molecule has 4 nitrogen and oxygen atoms in total. The van der Waals surface area contributed by atoms with Crippen LogP contribution in [0.15, 0.2) is 47.6 Å². The lowest BCUT2D eigenvalue weighted by Gasteiger charge is -2.53. The van der Waals surface area contributed by atoms with E-state index in [-0.39, 0.29) is 21.4 Å². The van der Waals surface area contributed by atoms with E-state index >= 15 is 0 Å². The Balaban J connectivity index is 2.08. The molecular formula is C17H19ClN2O2S. The average Bonchev–Trinajstić information content (AvgIpc) is 2.45. The van der Waals surface area contributed by atoms with Crippen molar-refractivity contribution < 1.29 is 8.42 Å². The normalized spacial score (nSPS) is 21.0. The highest BCUT2D eigenvalue weighted by Gasteiger charge is 2.52. The maximum Gasteiger partial charge on any atom is 0.245 e. The van der Waals surface area contributed by atoms with Gasteiger partial charge in [-0.25, -0.2) is 8.42 Å². The third-order valence-corrected chi connectivity index (χ3v) is 6.79. The quantitative estimate of drug-likeness (QED) is 0.845. The monoisotopic (exact) mass is 350 g/mol. The van der Waals surface area contributed by atoms with E-state index in [0.29, 0.717) is 12.1 Å². The molecule has 1 saturated heterocycles. The molecule has 1 aromatic heterocycles. The Kier molecular flexibility index (Phi) is 3.99. The van der Waals surface area contributed by atoms with Crippen molar-refractivity contribution >= 4 is 21.6 Å². The molecule has 0 amide bonds. The third kappa shape index (κ3) is 2.67. The van der Waals surface area contributed by atoms with Crippen molar-refractivity contribution in [2.75, 3.05) is 6.54 Å². The molecule has 6 heteroatoms. The van der Waals surface area contributed by atoms with Gasteiger partial charge >= 0.3 is 0 Å². The molecule has 1 unspecified atom stereocenters. The first-order valence-corrected chi connectivity index (χ1v) is 9.24. The number of sulfonamides is 1. The molecule has 0 saturated carbocycles. The molecule has 0 bridgehead atoms. The van der Waals surface area contributed by atoms with Crippen molar-refractivity contribution in [3.63, 3.8) is 0 Å². The molecule has 0 spiro atoms. The minimum atomic E-state index is -3.65. The summed E-state index contributed by atoms with van der Waals surface area (Å²) in [4.78, 5) is 4.22. The number of hydrogen-bond acceptors (Lipinski definition) is 3. The van der Waals surface area contributed by atoms with Crippen LogP contribution in [0.25, 0.3) is 0 Å². The number of aryl methyl sites for hydroxylation is 1. The van der Waals surface area contributed by atoms with Gasteiger partial charge in [0.05, 0.1) is 11.1 Å². The number of benzene rings is 1. The van der Waals surface area contributed by atoms with Crippen LogP contribution in [-0.2, 0) is 10.0 Å². The van der Waals surface area contributed by atoms with Crippen LogP contribution in [0.3, 0.4) is 0 Å². The summed E-state index contributed by atoms with van der Waals surface area (Å²) in [5.74, 6) is 0. The molecular weight excluding hydrogens is 332 g/mol. The number of aromatic nitrogens is 1. The van der Waals surface area contributed by atoms with Crippen LogP contribution in [0.4, 0.5) is 0 Å². The SMILES string of the molecule is Cc1cccc(Cl)c1S(=O)(=O)N1CC(C)(C)C1c1ccncc1. The molecule has 122 valence electrons. The van der Waals surface area contributed by atoms with Gasteiger partial charge in [0, 0.05) is 18.9 Å². The second kappa shape index (κ2) is 5.58. The largest absolute Gasteiger partial charge is 0.265 e. The molecule has 1 atom stereocenters. The highest BCUT2D eigenvalue weighted by Crippen LogP contribution is 2.51. The van der Waals surface area contributed by atoms with Gasteiger partial charge in [0.25, 0.3) is 0 Å². The van der Waals surface area contributed by atoms with Crippen LogP contribution in [0.2, 0.25) is 5.02 Å². The molecule has 1 fully saturated rings. The minimum Gasteiger partial charge on any atom is -0.265 e. The highest BCUT2D eigenvalue weighted by molar-refractivity contribution is 7.89. The molecule has 1 aromatic carbocycles. The molecule has 23 heavy (non-hydrogen) atoms. The molecule has 0 radical (unpaired) electrons. The Morgan fingerprint density at radius 3 is 2.43 bits per heavy atom. The number of pyridine rings is 1. The highest BCUT2D eigenvalue weighted by atomic mass is 35.5. The van der Waals surface area contributed by atoms with Crippen molar-refractivity contribution in [2.24, 2.45) is 5.41 Å². The molecule has 0 aliphatic carbocycles. The summed E-state index contributed by atoms with van der Waals surface area (Å²) in [6.45, 7) is 6.38. The van der Waals surface area contributed by atoms with Crippen molar-refractivity contribution in [1.29, 1.82) is 0 Å². The molecule has 2 aromatic rings. The second-order valence-electron chi connectivity index (χ2n) is 6.61. The van der Waals surface area contributed by atoms with Crippen LogP contribution in [0.5, 0.6) is 0 Å². The molecule has 0 N–H and O–H groups in total. The maximum absolute atomic E-state index is 13.2. The predicted octanol–water partition coefficient (Wildman–Crippen LogP) is 3.82. The zero-order valence-corrected chi connectivity index (χ0v) is 14.9. The summed E-state index contributed by atoms with van der Waals surface area (Å²) < 4.78 is 27.8. The number of nitrogens with zero attached hydrogens (tertiary/aromatic N) is 2. The van der Waals surface area contributed by atoms with E-state index in [1.54, 1.807) is 37.5 Å². The fraction of sp³-hybridized carbons (Fsp3) is 0.353. The second-order valence-corrected chi connectivity index (χ2v) is 8.84. The molecule has 1 aliphatic heterocycles. The van der Waals surface area contributed by atoms with Gasteiger partial charge in [-0.15, -0.1) is 0 Å². The summed E-state index contributed by atoms with van der Waals surface area (Å²) in [6, 6.07) is 8.67. The third-order valence-electron chi connectivity index (χ3n) is 4.34. The maximum atomic E-state index is 13.2. The summed E-state index contributed by atoms with van der Waals surface area (Å²) in [6.07, 6.45) is 3.38. The van der Waals surface area contributed by atoms with Gasteiger partial charge in [-0.3, -0.25) is 4.98 Å². The molecule has 2 heterocycles. The number of hydrogen-bond donors (Lipinski definition) is 0.